The zero-order valence-electron chi connectivity index (χ0n) is 5.19. The topological polar surface area (TPSA) is 53.0 Å². The van der Waals surface area contributed by atoms with E-state index in [2.05, 4.69) is 5.32 Å². The van der Waals surface area contributed by atoms with Gasteiger partial charge in [0, 0.05) is 6.42 Å². The van der Waals surface area contributed by atoms with Gasteiger partial charge in [0.15, 0.2) is 0 Å². The van der Waals surface area contributed by atoms with Crippen molar-refractivity contribution in [3.05, 3.63) is 11.6 Å². The molecule has 48 valence electrons. The van der Waals surface area contributed by atoms with Crippen molar-refractivity contribution in [1.29, 1.82) is 5.41 Å². The monoisotopic (exact) mass is 124 g/mol. The van der Waals surface area contributed by atoms with Crippen LogP contribution in [0.2, 0.25) is 0 Å². The minimum atomic E-state index is -0.0833. The Hall–Kier alpha value is -1.12. The Morgan fingerprint density at radius 1 is 1.78 bits per heavy atom. The summed E-state index contributed by atoms with van der Waals surface area (Å²) in [5.74, 6) is 0.115. The number of nitrogens with one attached hydrogen (secondary N) is 2. The zero-order chi connectivity index (χ0) is 6.85. The van der Waals surface area contributed by atoms with Crippen molar-refractivity contribution in [3.63, 3.8) is 0 Å². The summed E-state index contributed by atoms with van der Waals surface area (Å²) >= 11 is 0. The molecule has 1 amide bonds. The van der Waals surface area contributed by atoms with Gasteiger partial charge >= 0.3 is 0 Å². The molecule has 0 atom stereocenters. The van der Waals surface area contributed by atoms with E-state index in [1.165, 1.54) is 0 Å². The van der Waals surface area contributed by atoms with Crippen LogP contribution in [0.15, 0.2) is 11.6 Å². The molecule has 0 radical (unpaired) electrons. The fourth-order valence-corrected chi connectivity index (χ4v) is 0.781. The van der Waals surface area contributed by atoms with E-state index < -0.39 is 0 Å². The van der Waals surface area contributed by atoms with E-state index in [0.717, 1.165) is 5.57 Å². The van der Waals surface area contributed by atoms with Gasteiger partial charge in [-0.2, -0.15) is 0 Å². The van der Waals surface area contributed by atoms with Crippen molar-refractivity contribution >= 4 is 11.7 Å². The normalized spacial score (nSPS) is 19.0. The standard InChI is InChI=1S/C6H8N2O/c1-4-2-5(7)8-6(9)3-4/h2H,3H2,1H3,(H2,7,8,9). The maximum absolute atomic E-state index is 10.6. The first-order valence-electron chi connectivity index (χ1n) is 2.74. The lowest BCUT2D eigenvalue weighted by Crippen LogP contribution is -2.31. The van der Waals surface area contributed by atoms with E-state index in [1.54, 1.807) is 6.08 Å². The first-order chi connectivity index (χ1) is 4.18. The van der Waals surface area contributed by atoms with E-state index in [0.29, 0.717) is 6.42 Å². The molecule has 1 aliphatic heterocycles. The van der Waals surface area contributed by atoms with Gasteiger partial charge in [0.05, 0.1) is 0 Å². The van der Waals surface area contributed by atoms with E-state index >= 15 is 0 Å². The van der Waals surface area contributed by atoms with Gasteiger partial charge in [-0.3, -0.25) is 10.2 Å². The summed E-state index contributed by atoms with van der Waals surface area (Å²) in [6, 6.07) is 0. The molecule has 1 aliphatic rings. The molecule has 0 aromatic heterocycles. The fourth-order valence-electron chi connectivity index (χ4n) is 0.781. The highest BCUT2D eigenvalue weighted by molar-refractivity contribution is 6.06. The Morgan fingerprint density at radius 2 is 2.44 bits per heavy atom. The molecule has 0 aromatic carbocycles. The molecule has 0 aromatic rings. The van der Waals surface area contributed by atoms with Gasteiger partial charge in [0.2, 0.25) is 5.91 Å². The summed E-state index contributed by atoms with van der Waals surface area (Å²) in [4.78, 5) is 10.6. The van der Waals surface area contributed by atoms with E-state index in [1.807, 2.05) is 6.92 Å². The number of amides is 1. The Labute approximate surface area is 53.3 Å². The van der Waals surface area contributed by atoms with Gasteiger partial charge in [-0.1, -0.05) is 5.57 Å². The summed E-state index contributed by atoms with van der Waals surface area (Å²) in [6.45, 7) is 1.84. The summed E-state index contributed by atoms with van der Waals surface area (Å²) in [5.41, 5.74) is 0.948. The second-order valence-corrected chi connectivity index (χ2v) is 2.13. The van der Waals surface area contributed by atoms with Gasteiger partial charge < -0.3 is 5.32 Å². The highest BCUT2D eigenvalue weighted by Gasteiger charge is 2.09. The van der Waals surface area contributed by atoms with Gasteiger partial charge in [-0.05, 0) is 13.0 Å². The molecule has 0 saturated heterocycles. The molecular formula is C6H8N2O. The van der Waals surface area contributed by atoms with Crippen molar-refractivity contribution in [1.82, 2.24) is 5.32 Å². The van der Waals surface area contributed by atoms with Crippen LogP contribution in [0.25, 0.3) is 0 Å². The Morgan fingerprint density at radius 3 is 2.89 bits per heavy atom. The molecular weight excluding hydrogens is 116 g/mol. The Bertz CT molecular complexity index is 193. The lowest BCUT2D eigenvalue weighted by molar-refractivity contribution is -0.119. The van der Waals surface area contributed by atoms with Crippen molar-refractivity contribution in [2.24, 2.45) is 0 Å². The van der Waals surface area contributed by atoms with E-state index in [4.69, 9.17) is 5.41 Å². The van der Waals surface area contributed by atoms with Gasteiger partial charge in [-0.25, -0.2) is 0 Å². The van der Waals surface area contributed by atoms with Crippen LogP contribution in [0.3, 0.4) is 0 Å². The smallest absolute Gasteiger partial charge is 0.229 e. The molecule has 3 heteroatoms. The minimum Gasteiger partial charge on any atom is -0.311 e. The van der Waals surface area contributed by atoms with Crippen LogP contribution >= 0.6 is 0 Å². The van der Waals surface area contributed by atoms with Crippen molar-refractivity contribution < 1.29 is 4.79 Å². The van der Waals surface area contributed by atoms with E-state index in [-0.39, 0.29) is 11.7 Å². The second-order valence-electron chi connectivity index (χ2n) is 2.13. The number of carbonyl (C=O) groups excluding carboxylic acids is 1. The Balaban J connectivity index is 2.79. The molecule has 0 unspecified atom stereocenters. The quantitative estimate of drug-likeness (QED) is 0.483. The SMILES string of the molecule is CC1=CC(=N)NC(=O)C1. The molecule has 0 aliphatic carbocycles. The van der Waals surface area contributed by atoms with Gasteiger partial charge in [-0.15, -0.1) is 0 Å². The second kappa shape index (κ2) is 2.01. The highest BCUT2D eigenvalue weighted by atomic mass is 16.1. The average Bonchev–Trinajstić information content (AvgIpc) is 1.59. The predicted octanol–water partition coefficient (Wildman–Crippen LogP) is 0.430. The molecule has 0 saturated carbocycles. The number of hydrogen-bond acceptors (Lipinski definition) is 2. The maximum Gasteiger partial charge on any atom is 0.229 e. The lowest BCUT2D eigenvalue weighted by Gasteiger charge is -2.09. The number of rotatable bonds is 0. The number of carbonyl (C=O) groups is 1. The third-order valence-electron chi connectivity index (χ3n) is 1.10. The summed E-state index contributed by atoms with van der Waals surface area (Å²) in [5, 5.41) is 9.42. The first kappa shape index (κ1) is 6.01. The van der Waals surface area contributed by atoms with Crippen molar-refractivity contribution in [2.45, 2.75) is 13.3 Å². The van der Waals surface area contributed by atoms with Crippen LogP contribution in [0.5, 0.6) is 0 Å². The molecule has 9 heavy (non-hydrogen) atoms. The van der Waals surface area contributed by atoms with E-state index in [9.17, 15) is 4.79 Å². The first-order valence-corrected chi connectivity index (χ1v) is 2.74. The molecule has 0 fully saturated rings. The van der Waals surface area contributed by atoms with Crippen molar-refractivity contribution in [2.75, 3.05) is 0 Å². The molecule has 0 bridgehead atoms. The number of hydrogen-bond donors (Lipinski definition) is 2. The predicted molar refractivity (Wildman–Crippen MR) is 34.2 cm³/mol. The summed E-state index contributed by atoms with van der Waals surface area (Å²) in [6.07, 6.45) is 2.09. The van der Waals surface area contributed by atoms with Crippen LogP contribution in [-0.2, 0) is 4.79 Å². The molecule has 2 N–H and O–H groups in total. The minimum absolute atomic E-state index is 0.0833. The van der Waals surface area contributed by atoms with Gasteiger partial charge in [0.25, 0.3) is 0 Å². The van der Waals surface area contributed by atoms with Crippen LogP contribution in [0, 0.1) is 5.41 Å². The summed E-state index contributed by atoms with van der Waals surface area (Å²) < 4.78 is 0. The molecule has 1 heterocycles. The lowest BCUT2D eigenvalue weighted by atomic mass is 10.1. The third kappa shape index (κ3) is 1.38. The molecule has 0 spiro atoms. The maximum atomic E-state index is 10.6. The van der Waals surface area contributed by atoms with Crippen molar-refractivity contribution in [3.8, 4) is 0 Å². The van der Waals surface area contributed by atoms with Crippen LogP contribution in [0.1, 0.15) is 13.3 Å². The molecule has 1 rings (SSSR count). The Kier molecular flexibility index (Phi) is 1.34. The van der Waals surface area contributed by atoms with Crippen LogP contribution < -0.4 is 5.32 Å². The number of amidine groups is 1. The van der Waals surface area contributed by atoms with Crippen LogP contribution in [-0.4, -0.2) is 11.7 Å². The van der Waals surface area contributed by atoms with Gasteiger partial charge in [0.1, 0.15) is 5.84 Å². The third-order valence-corrected chi connectivity index (χ3v) is 1.10. The average molecular weight is 124 g/mol. The van der Waals surface area contributed by atoms with Crippen LogP contribution in [0.4, 0.5) is 0 Å². The molecule has 3 nitrogen and oxygen atoms in total. The zero-order valence-corrected chi connectivity index (χ0v) is 5.19. The largest absolute Gasteiger partial charge is 0.311 e. The fraction of sp³-hybridized carbons (Fsp3) is 0.333. The highest BCUT2D eigenvalue weighted by Crippen LogP contribution is 2.03. The summed E-state index contributed by atoms with van der Waals surface area (Å²) in [7, 11) is 0.